The van der Waals surface area contributed by atoms with Gasteiger partial charge in [-0.15, -0.1) is 0 Å². The number of hydrogen-bond acceptors (Lipinski definition) is 1. The van der Waals surface area contributed by atoms with E-state index in [2.05, 4.69) is 0 Å². The first kappa shape index (κ1) is 9.06. The first-order chi connectivity index (χ1) is 5.52. The maximum absolute atomic E-state index is 12.6. The summed E-state index contributed by atoms with van der Waals surface area (Å²) in [6.07, 6.45) is 0. The van der Waals surface area contributed by atoms with E-state index in [0.29, 0.717) is 12.1 Å². The maximum atomic E-state index is 12.6. The zero-order valence-electron chi connectivity index (χ0n) is 5.57. The van der Waals surface area contributed by atoms with E-state index < -0.39 is 28.3 Å². The molecule has 0 aliphatic rings. The van der Waals surface area contributed by atoms with Crippen molar-refractivity contribution in [3.05, 3.63) is 35.1 Å². The lowest BCUT2D eigenvalue weighted by molar-refractivity contribution is 0.107. The highest BCUT2D eigenvalue weighted by Gasteiger charge is 2.15. The molecular weight excluding hydrogens is 193 g/mol. The zero-order chi connectivity index (χ0) is 9.30. The Kier molecular flexibility index (Phi) is 2.38. The number of benzene rings is 1. The van der Waals surface area contributed by atoms with Crippen molar-refractivity contribution >= 4 is 16.8 Å². The Morgan fingerprint density at radius 3 is 2.33 bits per heavy atom. The first-order valence-corrected chi connectivity index (χ1v) is 3.24. The number of rotatable bonds is 1. The minimum Gasteiger partial charge on any atom is -0.275 e. The molecule has 0 radical (unpaired) electrons. The molecular formula is C7H2ClF3O. The van der Waals surface area contributed by atoms with Gasteiger partial charge >= 0.3 is 0 Å². The van der Waals surface area contributed by atoms with Gasteiger partial charge in [0, 0.05) is 6.07 Å². The molecule has 0 saturated carbocycles. The second kappa shape index (κ2) is 3.15. The molecule has 1 rings (SSSR count). The van der Waals surface area contributed by atoms with Crippen LogP contribution in [-0.4, -0.2) is 5.24 Å². The van der Waals surface area contributed by atoms with Crippen LogP contribution in [0.3, 0.4) is 0 Å². The fourth-order valence-corrected chi connectivity index (χ4v) is 0.837. The van der Waals surface area contributed by atoms with E-state index >= 15 is 0 Å². The monoisotopic (exact) mass is 194 g/mol. The van der Waals surface area contributed by atoms with Gasteiger partial charge in [0.1, 0.15) is 5.82 Å². The quantitative estimate of drug-likeness (QED) is 0.496. The lowest BCUT2D eigenvalue weighted by atomic mass is 10.2. The first-order valence-electron chi connectivity index (χ1n) is 2.86. The molecule has 1 nitrogen and oxygen atoms in total. The number of carbonyl (C=O) groups excluding carboxylic acids is 1. The summed E-state index contributed by atoms with van der Waals surface area (Å²) in [7, 11) is 0. The maximum Gasteiger partial charge on any atom is 0.255 e. The third-order valence-electron chi connectivity index (χ3n) is 1.20. The Bertz CT molecular complexity index is 338. The molecule has 0 amide bonds. The van der Waals surface area contributed by atoms with E-state index in [4.69, 9.17) is 11.6 Å². The Hall–Kier alpha value is -1.03. The lowest BCUT2D eigenvalue weighted by Crippen LogP contribution is -1.99. The predicted octanol–water partition coefficient (Wildman–Crippen LogP) is 2.48. The van der Waals surface area contributed by atoms with Crippen LogP contribution in [0.4, 0.5) is 13.2 Å². The van der Waals surface area contributed by atoms with Crippen LogP contribution in [0.1, 0.15) is 10.4 Å². The van der Waals surface area contributed by atoms with E-state index in [0.717, 1.165) is 0 Å². The SMILES string of the molecule is O=C(Cl)c1cc(F)cc(F)c1F. The van der Waals surface area contributed by atoms with Crippen molar-refractivity contribution in [2.75, 3.05) is 0 Å². The van der Waals surface area contributed by atoms with Gasteiger partial charge in [-0.3, -0.25) is 4.79 Å². The Morgan fingerprint density at radius 1 is 1.25 bits per heavy atom. The zero-order valence-corrected chi connectivity index (χ0v) is 6.33. The lowest BCUT2D eigenvalue weighted by Gasteiger charge is -1.97. The summed E-state index contributed by atoms with van der Waals surface area (Å²) in [5.41, 5.74) is -0.797. The minimum atomic E-state index is -1.43. The van der Waals surface area contributed by atoms with Crippen LogP contribution in [0.2, 0.25) is 0 Å². The molecule has 0 bridgehead atoms. The molecule has 0 aromatic heterocycles. The van der Waals surface area contributed by atoms with Crippen LogP contribution in [-0.2, 0) is 0 Å². The summed E-state index contributed by atoms with van der Waals surface area (Å²) in [6, 6.07) is 0.867. The van der Waals surface area contributed by atoms with Crippen LogP contribution >= 0.6 is 11.6 Å². The summed E-state index contributed by atoms with van der Waals surface area (Å²) >= 11 is 4.84. The highest BCUT2D eigenvalue weighted by Crippen LogP contribution is 2.15. The van der Waals surface area contributed by atoms with Crippen LogP contribution in [0, 0.1) is 17.5 Å². The van der Waals surface area contributed by atoms with Crippen molar-refractivity contribution < 1.29 is 18.0 Å². The third-order valence-corrected chi connectivity index (χ3v) is 1.41. The second-order valence-electron chi connectivity index (χ2n) is 2.02. The predicted molar refractivity (Wildman–Crippen MR) is 36.5 cm³/mol. The molecule has 0 atom stereocenters. The van der Waals surface area contributed by atoms with Gasteiger partial charge in [0.25, 0.3) is 5.24 Å². The van der Waals surface area contributed by atoms with Gasteiger partial charge in [0.05, 0.1) is 5.56 Å². The summed E-state index contributed by atoms with van der Waals surface area (Å²) in [4.78, 5) is 10.4. The third kappa shape index (κ3) is 1.58. The molecule has 0 spiro atoms. The van der Waals surface area contributed by atoms with Crippen molar-refractivity contribution in [1.82, 2.24) is 0 Å². The Morgan fingerprint density at radius 2 is 1.83 bits per heavy atom. The average molecular weight is 195 g/mol. The van der Waals surface area contributed by atoms with Crippen molar-refractivity contribution in [1.29, 1.82) is 0 Å². The van der Waals surface area contributed by atoms with Crippen LogP contribution in [0.5, 0.6) is 0 Å². The summed E-state index contributed by atoms with van der Waals surface area (Å²) in [5, 5.41) is -1.23. The molecule has 0 unspecified atom stereocenters. The van der Waals surface area contributed by atoms with E-state index in [1.54, 1.807) is 0 Å². The molecule has 0 N–H and O–H groups in total. The number of hydrogen-bond donors (Lipinski definition) is 0. The molecule has 0 aliphatic heterocycles. The molecule has 12 heavy (non-hydrogen) atoms. The highest BCUT2D eigenvalue weighted by atomic mass is 35.5. The van der Waals surface area contributed by atoms with Gasteiger partial charge in [0.2, 0.25) is 0 Å². The van der Waals surface area contributed by atoms with Crippen molar-refractivity contribution in [3.63, 3.8) is 0 Å². The number of carbonyl (C=O) groups is 1. The van der Waals surface area contributed by atoms with E-state index in [9.17, 15) is 18.0 Å². The molecule has 0 fully saturated rings. The van der Waals surface area contributed by atoms with E-state index in [1.165, 1.54) is 0 Å². The van der Waals surface area contributed by atoms with E-state index in [1.807, 2.05) is 0 Å². The highest BCUT2D eigenvalue weighted by molar-refractivity contribution is 6.67. The second-order valence-corrected chi connectivity index (χ2v) is 2.37. The smallest absolute Gasteiger partial charge is 0.255 e. The largest absolute Gasteiger partial charge is 0.275 e. The standard InChI is InChI=1S/C7H2ClF3O/c8-7(12)4-1-3(9)2-5(10)6(4)11/h1-2H. The number of halogens is 4. The molecule has 0 saturated heterocycles. The van der Waals surface area contributed by atoms with Crippen LogP contribution < -0.4 is 0 Å². The van der Waals surface area contributed by atoms with Gasteiger partial charge in [-0.25, -0.2) is 13.2 Å². The molecule has 1 aromatic rings. The van der Waals surface area contributed by atoms with Crippen molar-refractivity contribution in [3.8, 4) is 0 Å². The normalized spacial score (nSPS) is 10.0. The van der Waals surface area contributed by atoms with Crippen molar-refractivity contribution in [2.24, 2.45) is 0 Å². The summed E-state index contributed by atoms with van der Waals surface area (Å²) in [5.74, 6) is -3.91. The molecule has 64 valence electrons. The van der Waals surface area contributed by atoms with Gasteiger partial charge in [-0.05, 0) is 17.7 Å². The van der Waals surface area contributed by atoms with Crippen LogP contribution in [0.25, 0.3) is 0 Å². The van der Waals surface area contributed by atoms with Gasteiger partial charge in [-0.1, -0.05) is 0 Å². The van der Waals surface area contributed by atoms with Gasteiger partial charge in [0.15, 0.2) is 11.6 Å². The molecule has 1 aromatic carbocycles. The minimum absolute atomic E-state index is 0.332. The topological polar surface area (TPSA) is 17.1 Å². The molecule has 5 heteroatoms. The van der Waals surface area contributed by atoms with Crippen molar-refractivity contribution in [2.45, 2.75) is 0 Å². The van der Waals surface area contributed by atoms with Gasteiger partial charge in [-0.2, -0.15) is 0 Å². The Balaban J connectivity index is 3.37. The Labute approximate surface area is 70.8 Å². The summed E-state index contributed by atoms with van der Waals surface area (Å²) < 4.78 is 37.3. The van der Waals surface area contributed by atoms with E-state index in [-0.39, 0.29) is 0 Å². The summed E-state index contributed by atoms with van der Waals surface area (Å²) in [6.45, 7) is 0. The van der Waals surface area contributed by atoms with Gasteiger partial charge < -0.3 is 0 Å². The average Bonchev–Trinajstić information content (AvgIpc) is 1.96. The molecule has 0 heterocycles. The van der Waals surface area contributed by atoms with Crippen LogP contribution in [0.15, 0.2) is 12.1 Å². The fraction of sp³-hybridized carbons (Fsp3) is 0. The molecule has 0 aliphatic carbocycles. The fourth-order valence-electron chi connectivity index (χ4n) is 0.699.